The molecule has 1 aromatic carbocycles. The first-order valence-corrected chi connectivity index (χ1v) is 10.2. The van der Waals surface area contributed by atoms with Gasteiger partial charge in [-0.2, -0.15) is 9.40 Å². The summed E-state index contributed by atoms with van der Waals surface area (Å²) in [5.74, 6) is -0.688. The van der Waals surface area contributed by atoms with Gasteiger partial charge in [-0.1, -0.05) is 36.8 Å². The maximum absolute atomic E-state index is 13.0. The Morgan fingerprint density at radius 2 is 1.85 bits per heavy atom. The van der Waals surface area contributed by atoms with Crippen molar-refractivity contribution in [1.82, 2.24) is 14.1 Å². The molecule has 0 spiro atoms. The molecule has 1 aliphatic heterocycles. The molecule has 0 aliphatic carbocycles. The monoisotopic (exact) mass is 377 g/mol. The van der Waals surface area contributed by atoms with Crippen molar-refractivity contribution in [1.29, 1.82) is 0 Å². The fraction of sp³-hybridized carbons (Fsp3) is 0.444. The minimum Gasteiger partial charge on any atom is -0.465 e. The minimum atomic E-state index is -3.81. The second kappa shape index (κ2) is 8.01. The molecule has 0 N–H and O–H groups in total. The SMILES string of the molecule is COC(=O)c1cn(CCc2ccccc2)nc1S(=O)(=O)N1CCCCC1. The van der Waals surface area contributed by atoms with Crippen LogP contribution in [-0.4, -0.2) is 48.7 Å². The van der Waals surface area contributed by atoms with Gasteiger partial charge in [-0.3, -0.25) is 4.68 Å². The van der Waals surface area contributed by atoms with Gasteiger partial charge in [0.15, 0.2) is 0 Å². The van der Waals surface area contributed by atoms with Crippen molar-refractivity contribution in [2.75, 3.05) is 20.2 Å². The maximum atomic E-state index is 13.0. The van der Waals surface area contributed by atoms with Gasteiger partial charge in [0, 0.05) is 25.8 Å². The molecule has 0 unspecified atom stereocenters. The number of benzene rings is 1. The fourth-order valence-corrected chi connectivity index (χ4v) is 4.68. The average molecular weight is 377 g/mol. The van der Waals surface area contributed by atoms with E-state index < -0.39 is 16.0 Å². The molecule has 0 amide bonds. The number of carbonyl (C=O) groups excluding carboxylic acids is 1. The fourth-order valence-electron chi connectivity index (χ4n) is 3.07. The third kappa shape index (κ3) is 3.96. The van der Waals surface area contributed by atoms with Crippen molar-refractivity contribution < 1.29 is 17.9 Å². The summed E-state index contributed by atoms with van der Waals surface area (Å²) in [4.78, 5) is 12.1. The molecule has 26 heavy (non-hydrogen) atoms. The van der Waals surface area contributed by atoms with E-state index in [-0.39, 0.29) is 10.6 Å². The molecular formula is C18H23N3O4S. The number of aromatic nitrogens is 2. The van der Waals surface area contributed by atoms with E-state index in [1.165, 1.54) is 22.3 Å². The number of hydrogen-bond donors (Lipinski definition) is 0. The van der Waals surface area contributed by atoms with Crippen molar-refractivity contribution >= 4 is 16.0 Å². The number of esters is 1. The predicted molar refractivity (Wildman–Crippen MR) is 96.3 cm³/mol. The van der Waals surface area contributed by atoms with Crippen LogP contribution < -0.4 is 0 Å². The third-order valence-corrected chi connectivity index (χ3v) is 6.34. The standard InChI is InChI=1S/C18H23N3O4S/c1-25-18(22)16-14-20(13-10-15-8-4-2-5-9-15)19-17(16)26(23,24)21-11-6-3-7-12-21/h2,4-5,8-9,14H,3,6-7,10-13H2,1H3. The highest BCUT2D eigenvalue weighted by molar-refractivity contribution is 7.89. The lowest BCUT2D eigenvalue weighted by atomic mass is 10.1. The van der Waals surface area contributed by atoms with E-state index in [9.17, 15) is 13.2 Å². The number of methoxy groups -OCH3 is 1. The number of aryl methyl sites for hydroxylation is 2. The Kier molecular flexibility index (Phi) is 5.73. The van der Waals surface area contributed by atoms with Gasteiger partial charge in [0.1, 0.15) is 5.56 Å². The van der Waals surface area contributed by atoms with Gasteiger partial charge in [-0.25, -0.2) is 13.2 Å². The summed E-state index contributed by atoms with van der Waals surface area (Å²) in [6.07, 6.45) is 4.81. The molecule has 0 atom stereocenters. The maximum Gasteiger partial charge on any atom is 0.342 e. The normalized spacial score (nSPS) is 15.7. The van der Waals surface area contributed by atoms with Crippen LogP contribution in [0.15, 0.2) is 41.6 Å². The molecule has 1 saturated heterocycles. The minimum absolute atomic E-state index is 0.00821. The van der Waals surface area contributed by atoms with E-state index in [0.717, 1.165) is 24.8 Å². The smallest absolute Gasteiger partial charge is 0.342 e. The van der Waals surface area contributed by atoms with Crippen molar-refractivity contribution in [2.24, 2.45) is 0 Å². The van der Waals surface area contributed by atoms with Gasteiger partial charge < -0.3 is 4.74 Å². The number of piperidine rings is 1. The summed E-state index contributed by atoms with van der Waals surface area (Å²) in [6, 6.07) is 9.83. The molecule has 1 aliphatic rings. The molecule has 2 heterocycles. The first-order chi connectivity index (χ1) is 12.5. The summed E-state index contributed by atoms with van der Waals surface area (Å²) in [5, 5.41) is 4.02. The molecule has 8 heteroatoms. The first kappa shape index (κ1) is 18.6. The van der Waals surface area contributed by atoms with E-state index in [2.05, 4.69) is 5.10 Å². The third-order valence-electron chi connectivity index (χ3n) is 4.50. The summed E-state index contributed by atoms with van der Waals surface area (Å²) >= 11 is 0. The van der Waals surface area contributed by atoms with Gasteiger partial charge in [0.25, 0.3) is 10.0 Å². The molecule has 7 nitrogen and oxygen atoms in total. The topological polar surface area (TPSA) is 81.5 Å². The van der Waals surface area contributed by atoms with Crippen LogP contribution in [0.5, 0.6) is 0 Å². The van der Waals surface area contributed by atoms with Gasteiger partial charge in [0.2, 0.25) is 5.03 Å². The molecule has 0 radical (unpaired) electrons. The molecular weight excluding hydrogens is 354 g/mol. The molecule has 1 aromatic heterocycles. The number of carbonyl (C=O) groups is 1. The zero-order valence-electron chi connectivity index (χ0n) is 14.8. The van der Waals surface area contributed by atoms with Crippen LogP contribution in [-0.2, 0) is 27.7 Å². The average Bonchev–Trinajstić information content (AvgIpc) is 3.12. The Balaban J connectivity index is 1.88. The quantitative estimate of drug-likeness (QED) is 0.720. The Labute approximate surface area is 153 Å². The Morgan fingerprint density at radius 3 is 2.50 bits per heavy atom. The van der Waals surface area contributed by atoms with Crippen molar-refractivity contribution in [3.05, 3.63) is 47.7 Å². The molecule has 0 bridgehead atoms. The lowest BCUT2D eigenvalue weighted by Gasteiger charge is -2.25. The van der Waals surface area contributed by atoms with Gasteiger partial charge in [-0.15, -0.1) is 0 Å². The molecule has 3 rings (SSSR count). The highest BCUT2D eigenvalue weighted by Crippen LogP contribution is 2.23. The Bertz CT molecular complexity index is 856. The van der Waals surface area contributed by atoms with Crippen molar-refractivity contribution in [3.63, 3.8) is 0 Å². The van der Waals surface area contributed by atoms with E-state index in [1.54, 1.807) is 0 Å². The van der Waals surface area contributed by atoms with Crippen LogP contribution in [0.4, 0.5) is 0 Å². The number of hydrogen-bond acceptors (Lipinski definition) is 5. The van der Waals surface area contributed by atoms with Crippen molar-refractivity contribution in [2.45, 2.75) is 37.3 Å². The van der Waals surface area contributed by atoms with E-state index >= 15 is 0 Å². The van der Waals surface area contributed by atoms with Crippen LogP contribution >= 0.6 is 0 Å². The lowest BCUT2D eigenvalue weighted by Crippen LogP contribution is -2.36. The summed E-state index contributed by atoms with van der Waals surface area (Å²) in [7, 11) is -2.57. The first-order valence-electron chi connectivity index (χ1n) is 8.72. The highest BCUT2D eigenvalue weighted by atomic mass is 32.2. The molecule has 1 fully saturated rings. The molecule has 140 valence electrons. The predicted octanol–water partition coefficient (Wildman–Crippen LogP) is 2.09. The van der Waals surface area contributed by atoms with Crippen molar-refractivity contribution in [3.8, 4) is 0 Å². The number of rotatable bonds is 6. The highest BCUT2D eigenvalue weighted by Gasteiger charge is 2.33. The van der Waals surface area contributed by atoms with E-state index in [4.69, 9.17) is 4.74 Å². The lowest BCUT2D eigenvalue weighted by molar-refractivity contribution is 0.0596. The second-order valence-electron chi connectivity index (χ2n) is 6.30. The Hall–Kier alpha value is -2.19. The van der Waals surface area contributed by atoms with Crippen LogP contribution in [0.2, 0.25) is 0 Å². The number of sulfonamides is 1. The second-order valence-corrected chi connectivity index (χ2v) is 8.16. The van der Waals surface area contributed by atoms with E-state index in [1.807, 2.05) is 30.3 Å². The van der Waals surface area contributed by atoms with Crippen LogP contribution in [0.3, 0.4) is 0 Å². The van der Waals surface area contributed by atoms with Gasteiger partial charge in [0.05, 0.1) is 7.11 Å². The summed E-state index contributed by atoms with van der Waals surface area (Å²) < 4.78 is 33.6. The van der Waals surface area contributed by atoms with Gasteiger partial charge in [-0.05, 0) is 24.8 Å². The van der Waals surface area contributed by atoms with Crippen LogP contribution in [0.25, 0.3) is 0 Å². The van der Waals surface area contributed by atoms with Gasteiger partial charge >= 0.3 is 5.97 Å². The Morgan fingerprint density at radius 1 is 1.15 bits per heavy atom. The van der Waals surface area contributed by atoms with Crippen LogP contribution in [0.1, 0.15) is 35.2 Å². The van der Waals surface area contributed by atoms with Crippen LogP contribution in [0, 0.1) is 0 Å². The summed E-state index contributed by atoms with van der Waals surface area (Å²) in [6.45, 7) is 1.39. The molecule has 0 saturated carbocycles. The molecule has 2 aromatic rings. The van der Waals surface area contributed by atoms with E-state index in [0.29, 0.717) is 26.1 Å². The zero-order chi connectivity index (χ0) is 18.6. The number of ether oxygens (including phenoxy) is 1. The number of nitrogens with zero attached hydrogens (tertiary/aromatic N) is 3. The largest absolute Gasteiger partial charge is 0.465 e. The zero-order valence-corrected chi connectivity index (χ0v) is 15.6. The summed E-state index contributed by atoms with van der Waals surface area (Å²) in [5.41, 5.74) is 1.11.